The smallest absolute Gasteiger partial charge is 0.119 e. The van der Waals surface area contributed by atoms with E-state index < -0.39 is 0 Å². The highest BCUT2D eigenvalue weighted by Crippen LogP contribution is 2.23. The fourth-order valence-corrected chi connectivity index (χ4v) is 2.45. The molecule has 0 N–H and O–H groups in total. The summed E-state index contributed by atoms with van der Waals surface area (Å²) in [5.41, 5.74) is 2.24. The first kappa shape index (κ1) is 14.1. The minimum Gasteiger partial charge on any atom is -0.492 e. The van der Waals surface area contributed by atoms with Crippen LogP contribution in [0.3, 0.4) is 0 Å². The number of morpholine rings is 1. The van der Waals surface area contributed by atoms with E-state index in [1.54, 1.807) is 4.68 Å². The number of ether oxygens (including phenoxy) is 2. The monoisotopic (exact) mass is 287 g/mol. The van der Waals surface area contributed by atoms with Gasteiger partial charge in [-0.05, 0) is 17.7 Å². The summed E-state index contributed by atoms with van der Waals surface area (Å²) < 4.78 is 13.0. The lowest BCUT2D eigenvalue weighted by molar-refractivity contribution is 0.0322. The molecular formula is C16H21N3O2. The molecule has 5 nitrogen and oxygen atoms in total. The first-order valence-electron chi connectivity index (χ1n) is 7.33. The van der Waals surface area contributed by atoms with Gasteiger partial charge in [0.15, 0.2) is 0 Å². The summed E-state index contributed by atoms with van der Waals surface area (Å²) in [4.78, 5) is 2.37. The van der Waals surface area contributed by atoms with E-state index in [0.717, 1.165) is 49.7 Å². The van der Waals surface area contributed by atoms with Gasteiger partial charge < -0.3 is 9.47 Å². The van der Waals surface area contributed by atoms with E-state index in [2.05, 4.69) is 22.1 Å². The molecule has 0 aliphatic carbocycles. The van der Waals surface area contributed by atoms with Gasteiger partial charge in [0.05, 0.1) is 19.4 Å². The molecule has 1 fully saturated rings. The van der Waals surface area contributed by atoms with E-state index in [1.165, 1.54) is 0 Å². The largest absolute Gasteiger partial charge is 0.492 e. The maximum absolute atomic E-state index is 5.87. The first-order valence-corrected chi connectivity index (χ1v) is 7.33. The second-order valence-corrected chi connectivity index (χ2v) is 5.23. The van der Waals surface area contributed by atoms with Crippen LogP contribution in [0.1, 0.15) is 0 Å². The van der Waals surface area contributed by atoms with E-state index in [4.69, 9.17) is 9.47 Å². The molecule has 0 spiro atoms. The molecule has 2 heterocycles. The summed E-state index contributed by atoms with van der Waals surface area (Å²) in [7, 11) is 1.92. The van der Waals surface area contributed by atoms with E-state index in [-0.39, 0.29) is 0 Å². The van der Waals surface area contributed by atoms with Gasteiger partial charge in [-0.2, -0.15) is 5.10 Å². The Balaban J connectivity index is 1.56. The summed E-state index contributed by atoms with van der Waals surface area (Å²) in [6.07, 6.45) is 3.87. The predicted molar refractivity (Wildman–Crippen MR) is 81.4 cm³/mol. The standard InChI is InChI=1S/C16H21N3O2/c1-18-13-15(12-17-18)14-3-2-4-16(11-14)21-10-7-19-5-8-20-9-6-19/h2-4,11-13H,5-10H2,1H3. The highest BCUT2D eigenvalue weighted by atomic mass is 16.5. The summed E-state index contributed by atoms with van der Waals surface area (Å²) in [5.74, 6) is 0.907. The second kappa shape index (κ2) is 6.74. The van der Waals surface area contributed by atoms with Gasteiger partial charge in [0.1, 0.15) is 12.4 Å². The first-order chi connectivity index (χ1) is 10.3. The maximum atomic E-state index is 5.87. The van der Waals surface area contributed by atoms with Gasteiger partial charge in [-0.3, -0.25) is 9.58 Å². The quantitative estimate of drug-likeness (QED) is 0.840. The molecule has 0 bridgehead atoms. The van der Waals surface area contributed by atoms with Gasteiger partial charge in [-0.15, -0.1) is 0 Å². The van der Waals surface area contributed by atoms with Crippen molar-refractivity contribution in [1.82, 2.24) is 14.7 Å². The van der Waals surface area contributed by atoms with Crippen LogP contribution in [0.15, 0.2) is 36.7 Å². The van der Waals surface area contributed by atoms with Crippen molar-refractivity contribution in [2.24, 2.45) is 7.05 Å². The van der Waals surface area contributed by atoms with Crippen molar-refractivity contribution in [1.29, 1.82) is 0 Å². The van der Waals surface area contributed by atoms with Crippen LogP contribution in [-0.4, -0.2) is 54.1 Å². The van der Waals surface area contributed by atoms with Crippen LogP contribution in [0.4, 0.5) is 0 Å². The number of hydrogen-bond acceptors (Lipinski definition) is 4. The molecule has 0 atom stereocenters. The van der Waals surface area contributed by atoms with Crippen LogP contribution in [0.2, 0.25) is 0 Å². The average molecular weight is 287 g/mol. The van der Waals surface area contributed by atoms with Crippen molar-refractivity contribution in [3.05, 3.63) is 36.7 Å². The van der Waals surface area contributed by atoms with Crippen molar-refractivity contribution in [3.8, 4) is 16.9 Å². The van der Waals surface area contributed by atoms with E-state index in [0.29, 0.717) is 6.61 Å². The molecule has 3 rings (SSSR count). The summed E-state index contributed by atoms with van der Waals surface area (Å²) in [6, 6.07) is 8.16. The Morgan fingerprint density at radius 1 is 1.24 bits per heavy atom. The molecule has 21 heavy (non-hydrogen) atoms. The van der Waals surface area contributed by atoms with E-state index in [9.17, 15) is 0 Å². The van der Waals surface area contributed by atoms with E-state index >= 15 is 0 Å². The summed E-state index contributed by atoms with van der Waals surface area (Å²) in [5, 5.41) is 4.20. The summed E-state index contributed by atoms with van der Waals surface area (Å²) >= 11 is 0. The van der Waals surface area contributed by atoms with Crippen LogP contribution >= 0.6 is 0 Å². The lowest BCUT2D eigenvalue weighted by atomic mass is 10.1. The topological polar surface area (TPSA) is 39.5 Å². The highest BCUT2D eigenvalue weighted by molar-refractivity contribution is 5.63. The van der Waals surface area contributed by atoms with Crippen LogP contribution in [-0.2, 0) is 11.8 Å². The second-order valence-electron chi connectivity index (χ2n) is 5.23. The molecular weight excluding hydrogens is 266 g/mol. The highest BCUT2D eigenvalue weighted by Gasteiger charge is 2.10. The Bertz CT molecular complexity index is 576. The van der Waals surface area contributed by atoms with Crippen molar-refractivity contribution in [3.63, 3.8) is 0 Å². The van der Waals surface area contributed by atoms with Gasteiger partial charge in [0.25, 0.3) is 0 Å². The number of benzene rings is 1. The molecule has 0 amide bonds. The van der Waals surface area contributed by atoms with Gasteiger partial charge in [-0.25, -0.2) is 0 Å². The fraction of sp³-hybridized carbons (Fsp3) is 0.438. The molecule has 1 aromatic carbocycles. The molecule has 5 heteroatoms. The van der Waals surface area contributed by atoms with Crippen molar-refractivity contribution < 1.29 is 9.47 Å². The lowest BCUT2D eigenvalue weighted by Crippen LogP contribution is -2.38. The number of rotatable bonds is 5. The predicted octanol–water partition coefficient (Wildman–Crippen LogP) is 1.80. The van der Waals surface area contributed by atoms with Crippen LogP contribution in [0.5, 0.6) is 5.75 Å². The third kappa shape index (κ3) is 3.83. The van der Waals surface area contributed by atoms with Crippen LogP contribution < -0.4 is 4.74 Å². The zero-order valence-electron chi connectivity index (χ0n) is 12.4. The van der Waals surface area contributed by atoms with Gasteiger partial charge >= 0.3 is 0 Å². The zero-order valence-corrected chi connectivity index (χ0v) is 12.4. The Morgan fingerprint density at radius 2 is 2.10 bits per heavy atom. The Labute approximate surface area is 125 Å². The average Bonchev–Trinajstić information content (AvgIpc) is 2.95. The fourth-order valence-electron chi connectivity index (χ4n) is 2.45. The Morgan fingerprint density at radius 3 is 2.86 bits per heavy atom. The number of aryl methyl sites for hydroxylation is 1. The van der Waals surface area contributed by atoms with Crippen molar-refractivity contribution in [2.45, 2.75) is 0 Å². The van der Waals surface area contributed by atoms with Gasteiger partial charge in [0.2, 0.25) is 0 Å². The lowest BCUT2D eigenvalue weighted by Gasteiger charge is -2.26. The van der Waals surface area contributed by atoms with Gasteiger partial charge in [0, 0.05) is 38.4 Å². The van der Waals surface area contributed by atoms with Crippen LogP contribution in [0.25, 0.3) is 11.1 Å². The third-order valence-corrected chi connectivity index (χ3v) is 3.65. The summed E-state index contributed by atoms with van der Waals surface area (Å²) in [6.45, 7) is 5.31. The number of aromatic nitrogens is 2. The van der Waals surface area contributed by atoms with Crippen molar-refractivity contribution in [2.75, 3.05) is 39.5 Å². The Hall–Kier alpha value is -1.85. The number of nitrogens with zero attached hydrogens (tertiary/aromatic N) is 3. The minimum atomic E-state index is 0.705. The molecule has 2 aromatic rings. The molecule has 1 aromatic heterocycles. The molecule has 112 valence electrons. The zero-order chi connectivity index (χ0) is 14.5. The van der Waals surface area contributed by atoms with Crippen molar-refractivity contribution >= 4 is 0 Å². The Kier molecular flexibility index (Phi) is 4.52. The molecule has 1 saturated heterocycles. The van der Waals surface area contributed by atoms with Crippen LogP contribution in [0, 0.1) is 0 Å². The molecule has 0 unspecified atom stereocenters. The molecule has 1 aliphatic rings. The normalized spacial score (nSPS) is 16.0. The van der Waals surface area contributed by atoms with E-state index in [1.807, 2.05) is 31.6 Å². The maximum Gasteiger partial charge on any atom is 0.119 e. The minimum absolute atomic E-state index is 0.705. The molecule has 0 saturated carbocycles. The third-order valence-electron chi connectivity index (χ3n) is 3.65. The SMILES string of the molecule is Cn1cc(-c2cccc(OCCN3CCOCC3)c2)cn1. The number of hydrogen-bond donors (Lipinski definition) is 0. The molecule has 1 aliphatic heterocycles. The molecule has 0 radical (unpaired) electrons. The van der Waals surface area contributed by atoms with Gasteiger partial charge in [-0.1, -0.05) is 12.1 Å².